The highest BCUT2D eigenvalue weighted by Crippen LogP contribution is 2.30. The van der Waals surface area contributed by atoms with Gasteiger partial charge in [-0.2, -0.15) is 0 Å². The van der Waals surface area contributed by atoms with Crippen LogP contribution < -0.4 is 4.90 Å². The van der Waals surface area contributed by atoms with Crippen molar-refractivity contribution in [3.8, 4) is 11.1 Å². The molecule has 0 N–H and O–H groups in total. The first kappa shape index (κ1) is 15.7. The molecule has 0 bridgehead atoms. The third kappa shape index (κ3) is 2.65. The number of carbonyl (C=O) groups excluding carboxylic acids is 2. The Kier molecular flexibility index (Phi) is 3.90. The van der Waals surface area contributed by atoms with Crippen LogP contribution in [-0.4, -0.2) is 18.1 Å². The van der Waals surface area contributed by atoms with E-state index in [-0.39, 0.29) is 11.8 Å². The van der Waals surface area contributed by atoms with Crippen LogP contribution in [0, 0.1) is 0 Å². The Morgan fingerprint density at radius 3 is 1.64 bits per heavy atom. The van der Waals surface area contributed by atoms with Gasteiger partial charge in [-0.3, -0.25) is 9.59 Å². The lowest BCUT2D eigenvalue weighted by molar-refractivity contribution is 0.0926. The number of thioether (sulfide) groups is 1. The Labute approximate surface area is 150 Å². The number of hydrogen-bond acceptors (Lipinski definition) is 3. The normalized spacial score (nSPS) is 13.2. The average Bonchev–Trinajstić information content (AvgIpc) is 2.93. The molecular weight excluding hydrogens is 330 g/mol. The zero-order valence-corrected chi connectivity index (χ0v) is 14.4. The number of benzene rings is 3. The van der Waals surface area contributed by atoms with Crippen LogP contribution in [0.15, 0.2) is 77.7 Å². The average molecular weight is 345 g/mol. The summed E-state index contributed by atoms with van der Waals surface area (Å²) >= 11 is 1.70. The van der Waals surface area contributed by atoms with Crippen LogP contribution in [0.1, 0.15) is 20.7 Å². The molecule has 1 heterocycles. The van der Waals surface area contributed by atoms with E-state index in [1.165, 1.54) is 9.80 Å². The molecule has 25 heavy (non-hydrogen) atoms. The minimum Gasteiger partial charge on any atom is -0.268 e. The van der Waals surface area contributed by atoms with E-state index in [0.29, 0.717) is 16.8 Å². The number of anilines is 1. The fourth-order valence-electron chi connectivity index (χ4n) is 3.01. The minimum atomic E-state index is -0.266. The molecule has 0 fully saturated rings. The Morgan fingerprint density at radius 1 is 0.680 bits per heavy atom. The number of rotatable bonds is 3. The maximum Gasteiger partial charge on any atom is 0.266 e. The van der Waals surface area contributed by atoms with Crippen molar-refractivity contribution in [1.82, 2.24) is 0 Å². The van der Waals surface area contributed by atoms with Gasteiger partial charge >= 0.3 is 0 Å². The summed E-state index contributed by atoms with van der Waals surface area (Å²) in [5, 5.41) is 0. The van der Waals surface area contributed by atoms with Crippen molar-refractivity contribution in [3.63, 3.8) is 0 Å². The van der Waals surface area contributed by atoms with Crippen molar-refractivity contribution in [2.75, 3.05) is 11.2 Å². The molecule has 0 spiro atoms. The standard InChI is InChI=1S/C21H15NO2S/c1-25-17-12-8-15(9-13-17)14-6-10-16(11-7-14)22-20(23)18-4-2-3-5-19(18)21(22)24/h2-13H,1H3. The first-order chi connectivity index (χ1) is 12.2. The molecule has 0 radical (unpaired) electrons. The predicted octanol–water partition coefficient (Wildman–Crippen LogP) is 4.88. The number of amides is 2. The van der Waals surface area contributed by atoms with E-state index < -0.39 is 0 Å². The highest BCUT2D eigenvalue weighted by Gasteiger charge is 2.36. The molecule has 4 heteroatoms. The van der Waals surface area contributed by atoms with Crippen molar-refractivity contribution in [2.45, 2.75) is 4.90 Å². The van der Waals surface area contributed by atoms with E-state index in [0.717, 1.165) is 11.1 Å². The lowest BCUT2D eigenvalue weighted by Gasteiger charge is -2.14. The van der Waals surface area contributed by atoms with Gasteiger partial charge in [-0.25, -0.2) is 4.90 Å². The van der Waals surface area contributed by atoms with Gasteiger partial charge in [0.2, 0.25) is 0 Å². The third-order valence-electron chi connectivity index (χ3n) is 4.34. The molecule has 4 rings (SSSR count). The molecule has 0 saturated carbocycles. The van der Waals surface area contributed by atoms with Gasteiger partial charge in [0.05, 0.1) is 16.8 Å². The summed E-state index contributed by atoms with van der Waals surface area (Å²) in [6, 6.07) is 22.7. The second-order valence-corrected chi connectivity index (χ2v) is 6.65. The highest BCUT2D eigenvalue weighted by molar-refractivity contribution is 7.98. The topological polar surface area (TPSA) is 37.4 Å². The van der Waals surface area contributed by atoms with Crippen LogP contribution in [0.4, 0.5) is 5.69 Å². The predicted molar refractivity (Wildman–Crippen MR) is 101 cm³/mol. The molecule has 0 aromatic heterocycles. The summed E-state index contributed by atoms with van der Waals surface area (Å²) < 4.78 is 0. The van der Waals surface area contributed by atoms with Gasteiger partial charge in [-0.15, -0.1) is 11.8 Å². The van der Waals surface area contributed by atoms with Crippen molar-refractivity contribution >= 4 is 29.3 Å². The number of hydrogen-bond donors (Lipinski definition) is 0. The van der Waals surface area contributed by atoms with Crippen molar-refractivity contribution < 1.29 is 9.59 Å². The van der Waals surface area contributed by atoms with Crippen molar-refractivity contribution in [1.29, 1.82) is 0 Å². The largest absolute Gasteiger partial charge is 0.268 e. The lowest BCUT2D eigenvalue weighted by atomic mass is 10.1. The van der Waals surface area contributed by atoms with Gasteiger partial charge in [-0.05, 0) is 53.8 Å². The molecule has 3 aromatic rings. The maximum atomic E-state index is 12.5. The van der Waals surface area contributed by atoms with E-state index in [4.69, 9.17) is 0 Å². The highest BCUT2D eigenvalue weighted by atomic mass is 32.2. The Bertz CT molecular complexity index is 927. The molecular formula is C21H15NO2S. The van der Waals surface area contributed by atoms with Gasteiger partial charge in [-0.1, -0.05) is 36.4 Å². The summed E-state index contributed by atoms with van der Waals surface area (Å²) in [5.41, 5.74) is 3.67. The number of fused-ring (bicyclic) bond motifs is 1. The lowest BCUT2D eigenvalue weighted by Crippen LogP contribution is -2.29. The van der Waals surface area contributed by atoms with E-state index in [1.54, 1.807) is 36.0 Å². The fourth-order valence-corrected chi connectivity index (χ4v) is 3.42. The summed E-state index contributed by atoms with van der Waals surface area (Å²) in [4.78, 5) is 27.5. The molecule has 0 saturated heterocycles. The van der Waals surface area contributed by atoms with Gasteiger partial charge in [0.25, 0.3) is 11.8 Å². The second kappa shape index (κ2) is 6.22. The molecule has 0 atom stereocenters. The first-order valence-electron chi connectivity index (χ1n) is 7.91. The van der Waals surface area contributed by atoms with Crippen LogP contribution in [0.5, 0.6) is 0 Å². The molecule has 3 nitrogen and oxygen atoms in total. The minimum absolute atomic E-state index is 0.266. The zero-order valence-electron chi connectivity index (χ0n) is 13.6. The van der Waals surface area contributed by atoms with Gasteiger partial charge < -0.3 is 0 Å². The maximum absolute atomic E-state index is 12.5. The molecule has 1 aliphatic rings. The van der Waals surface area contributed by atoms with Crippen LogP contribution in [-0.2, 0) is 0 Å². The van der Waals surface area contributed by atoms with Crippen LogP contribution >= 0.6 is 11.8 Å². The van der Waals surface area contributed by atoms with Crippen LogP contribution in [0.3, 0.4) is 0 Å². The van der Waals surface area contributed by atoms with E-state index in [1.807, 2.05) is 30.5 Å². The molecule has 0 aliphatic carbocycles. The van der Waals surface area contributed by atoms with Gasteiger partial charge in [0.1, 0.15) is 0 Å². The third-order valence-corrected chi connectivity index (χ3v) is 5.09. The molecule has 122 valence electrons. The van der Waals surface area contributed by atoms with E-state index in [9.17, 15) is 9.59 Å². The van der Waals surface area contributed by atoms with Crippen molar-refractivity contribution in [2.24, 2.45) is 0 Å². The number of nitrogens with zero attached hydrogens (tertiary/aromatic N) is 1. The Morgan fingerprint density at radius 2 is 1.16 bits per heavy atom. The molecule has 3 aromatic carbocycles. The fraction of sp³-hybridized carbons (Fsp3) is 0.0476. The Balaban J connectivity index is 1.65. The molecule has 0 unspecified atom stereocenters. The number of carbonyl (C=O) groups is 2. The second-order valence-electron chi connectivity index (χ2n) is 5.77. The van der Waals surface area contributed by atoms with E-state index >= 15 is 0 Å². The van der Waals surface area contributed by atoms with Gasteiger partial charge in [0, 0.05) is 4.90 Å². The summed E-state index contributed by atoms with van der Waals surface area (Å²) in [5.74, 6) is -0.532. The van der Waals surface area contributed by atoms with E-state index in [2.05, 4.69) is 24.3 Å². The summed E-state index contributed by atoms with van der Waals surface area (Å²) in [6.45, 7) is 0. The molecule has 2 amide bonds. The quantitative estimate of drug-likeness (QED) is 0.502. The Hall–Kier alpha value is -2.85. The van der Waals surface area contributed by atoms with Crippen LogP contribution in [0.2, 0.25) is 0 Å². The smallest absolute Gasteiger partial charge is 0.266 e. The summed E-state index contributed by atoms with van der Waals surface area (Å²) in [7, 11) is 0. The van der Waals surface area contributed by atoms with Gasteiger partial charge in [0.15, 0.2) is 0 Å². The van der Waals surface area contributed by atoms with Crippen molar-refractivity contribution in [3.05, 3.63) is 83.9 Å². The SMILES string of the molecule is CSc1ccc(-c2ccc(N3C(=O)c4ccccc4C3=O)cc2)cc1. The molecule has 1 aliphatic heterocycles. The van der Waals surface area contributed by atoms with Crippen LogP contribution in [0.25, 0.3) is 11.1 Å². The first-order valence-corrected chi connectivity index (χ1v) is 9.14. The monoisotopic (exact) mass is 345 g/mol. The number of imide groups is 1. The summed E-state index contributed by atoms with van der Waals surface area (Å²) in [6.07, 6.45) is 2.05. The zero-order chi connectivity index (χ0) is 17.4.